The summed E-state index contributed by atoms with van der Waals surface area (Å²) in [6.07, 6.45) is 3.40. The van der Waals surface area contributed by atoms with Crippen molar-refractivity contribution in [1.82, 2.24) is 9.97 Å². The van der Waals surface area contributed by atoms with Gasteiger partial charge in [0, 0.05) is 29.4 Å². The molecule has 0 fully saturated rings. The number of rotatable bonds is 6. The van der Waals surface area contributed by atoms with Crippen molar-refractivity contribution in [2.75, 3.05) is 10.0 Å². The maximum absolute atomic E-state index is 14.1. The SMILES string of the molecule is CCC(=O)Nc1cc(-c2cnc(C)c(NS(=O)(=O)c3ccc(Cl)cc3F)c2)ccn1. The smallest absolute Gasteiger partial charge is 0.264 e. The van der Waals surface area contributed by atoms with Crippen molar-refractivity contribution in [3.05, 3.63) is 65.3 Å². The van der Waals surface area contributed by atoms with E-state index in [0.717, 1.165) is 12.1 Å². The third-order valence-corrected chi connectivity index (χ3v) is 5.83. The highest BCUT2D eigenvalue weighted by molar-refractivity contribution is 7.92. The Hall–Kier alpha value is -3.04. The number of carbonyl (C=O) groups is 1. The second-order valence-electron chi connectivity index (χ2n) is 6.37. The van der Waals surface area contributed by atoms with Crippen LogP contribution in [0.15, 0.2) is 53.7 Å². The van der Waals surface area contributed by atoms with Gasteiger partial charge in [0.05, 0.1) is 11.4 Å². The fourth-order valence-electron chi connectivity index (χ4n) is 2.60. The lowest BCUT2D eigenvalue weighted by atomic mass is 10.1. The number of hydrogen-bond acceptors (Lipinski definition) is 5. The average Bonchev–Trinajstić information content (AvgIpc) is 2.69. The Morgan fingerprint density at radius 1 is 1.13 bits per heavy atom. The van der Waals surface area contributed by atoms with Crippen LogP contribution < -0.4 is 10.0 Å². The fraction of sp³-hybridized carbons (Fsp3) is 0.150. The molecule has 7 nitrogen and oxygen atoms in total. The number of nitrogens with one attached hydrogen (secondary N) is 2. The van der Waals surface area contributed by atoms with E-state index < -0.39 is 20.7 Å². The maximum atomic E-state index is 14.1. The van der Waals surface area contributed by atoms with E-state index in [1.54, 1.807) is 38.2 Å². The Balaban J connectivity index is 1.94. The summed E-state index contributed by atoms with van der Waals surface area (Å²) in [6, 6.07) is 8.25. The summed E-state index contributed by atoms with van der Waals surface area (Å²) in [5.74, 6) is -0.771. The Morgan fingerprint density at radius 3 is 2.60 bits per heavy atom. The average molecular weight is 449 g/mol. The van der Waals surface area contributed by atoms with Crippen LogP contribution in [-0.2, 0) is 14.8 Å². The number of sulfonamides is 1. The molecular formula is C20H18ClFN4O3S. The second-order valence-corrected chi connectivity index (χ2v) is 8.46. The molecule has 0 saturated heterocycles. The van der Waals surface area contributed by atoms with Crippen molar-refractivity contribution in [1.29, 1.82) is 0 Å². The molecule has 0 aliphatic rings. The van der Waals surface area contributed by atoms with E-state index in [2.05, 4.69) is 20.0 Å². The summed E-state index contributed by atoms with van der Waals surface area (Å²) in [5.41, 5.74) is 1.86. The van der Waals surface area contributed by atoms with Gasteiger partial charge in [0.1, 0.15) is 16.5 Å². The van der Waals surface area contributed by atoms with Crippen LogP contribution in [0.4, 0.5) is 15.9 Å². The van der Waals surface area contributed by atoms with Crippen molar-refractivity contribution in [3.8, 4) is 11.1 Å². The molecule has 0 aliphatic carbocycles. The molecule has 1 amide bonds. The first-order valence-corrected chi connectivity index (χ1v) is 10.8. The highest BCUT2D eigenvalue weighted by Crippen LogP contribution is 2.28. The molecule has 3 aromatic rings. The van der Waals surface area contributed by atoms with Crippen LogP contribution in [0.3, 0.4) is 0 Å². The number of halogens is 2. The number of aromatic nitrogens is 2. The number of benzene rings is 1. The van der Waals surface area contributed by atoms with Gasteiger partial charge in [0.25, 0.3) is 10.0 Å². The summed E-state index contributed by atoms with van der Waals surface area (Å²) in [4.78, 5) is 19.4. The van der Waals surface area contributed by atoms with Crippen LogP contribution >= 0.6 is 11.6 Å². The molecule has 2 N–H and O–H groups in total. The number of pyridine rings is 2. The maximum Gasteiger partial charge on any atom is 0.264 e. The summed E-state index contributed by atoms with van der Waals surface area (Å²) >= 11 is 5.70. The highest BCUT2D eigenvalue weighted by Gasteiger charge is 2.21. The van der Waals surface area contributed by atoms with Crippen LogP contribution in [0.25, 0.3) is 11.1 Å². The van der Waals surface area contributed by atoms with E-state index in [-0.39, 0.29) is 16.6 Å². The molecule has 0 bridgehead atoms. The molecule has 0 aliphatic heterocycles. The Kier molecular flexibility index (Phi) is 6.33. The van der Waals surface area contributed by atoms with E-state index in [0.29, 0.717) is 29.1 Å². The molecule has 1 aromatic carbocycles. The molecule has 156 valence electrons. The standard InChI is InChI=1S/C20H18ClFN4O3S/c1-3-20(27)25-19-9-13(6-7-23-19)14-8-17(12(2)24-11-14)26-30(28,29)18-5-4-15(21)10-16(18)22/h4-11,26H,3H2,1-2H3,(H,23,25,27). The molecule has 0 saturated carbocycles. The first-order valence-electron chi connectivity index (χ1n) is 8.90. The van der Waals surface area contributed by atoms with Crippen molar-refractivity contribution in [3.63, 3.8) is 0 Å². The number of aryl methyl sites for hydroxylation is 1. The molecule has 0 radical (unpaired) electrons. The number of anilines is 2. The van der Waals surface area contributed by atoms with Crippen LogP contribution in [0.2, 0.25) is 5.02 Å². The van der Waals surface area contributed by atoms with Crippen molar-refractivity contribution in [2.24, 2.45) is 0 Å². The van der Waals surface area contributed by atoms with Crippen LogP contribution in [0.5, 0.6) is 0 Å². The monoisotopic (exact) mass is 448 g/mol. The van der Waals surface area contributed by atoms with Gasteiger partial charge < -0.3 is 5.32 Å². The zero-order valence-corrected chi connectivity index (χ0v) is 17.7. The molecule has 2 heterocycles. The molecule has 0 unspecified atom stereocenters. The molecule has 3 rings (SSSR count). The molecule has 0 spiro atoms. The Morgan fingerprint density at radius 2 is 1.90 bits per heavy atom. The lowest BCUT2D eigenvalue weighted by molar-refractivity contribution is -0.115. The van der Waals surface area contributed by atoms with Gasteiger partial charge >= 0.3 is 0 Å². The van der Waals surface area contributed by atoms with Crippen LogP contribution in [-0.4, -0.2) is 24.3 Å². The summed E-state index contributed by atoms with van der Waals surface area (Å²) < 4.78 is 41.8. The van der Waals surface area contributed by atoms with Gasteiger partial charge in [0.2, 0.25) is 5.91 Å². The quantitative estimate of drug-likeness (QED) is 0.582. The topological polar surface area (TPSA) is 101 Å². The number of hydrogen-bond donors (Lipinski definition) is 2. The van der Waals surface area contributed by atoms with Crippen molar-refractivity contribution < 1.29 is 17.6 Å². The van der Waals surface area contributed by atoms with Gasteiger partial charge in [-0.1, -0.05) is 18.5 Å². The van der Waals surface area contributed by atoms with Crippen LogP contribution in [0, 0.1) is 12.7 Å². The van der Waals surface area contributed by atoms with Gasteiger partial charge in [-0.15, -0.1) is 0 Å². The first-order chi connectivity index (χ1) is 14.2. The van der Waals surface area contributed by atoms with Gasteiger partial charge in [-0.25, -0.2) is 17.8 Å². The lowest BCUT2D eigenvalue weighted by Gasteiger charge is -2.13. The first kappa shape index (κ1) is 21.7. The normalized spacial score (nSPS) is 11.2. The molecule has 2 aromatic heterocycles. The van der Waals surface area contributed by atoms with E-state index in [9.17, 15) is 17.6 Å². The minimum atomic E-state index is -4.20. The third kappa shape index (κ3) is 4.92. The van der Waals surface area contributed by atoms with Gasteiger partial charge in [-0.2, -0.15) is 0 Å². The molecule has 10 heteroatoms. The fourth-order valence-corrected chi connectivity index (χ4v) is 3.92. The van der Waals surface area contributed by atoms with Gasteiger partial charge in [-0.05, 0) is 48.9 Å². The van der Waals surface area contributed by atoms with Crippen molar-refractivity contribution >= 4 is 39.0 Å². The van der Waals surface area contributed by atoms with E-state index in [1.165, 1.54) is 12.3 Å². The Labute approximate surface area is 178 Å². The second kappa shape index (κ2) is 8.76. The molecule has 0 atom stereocenters. The summed E-state index contributed by atoms with van der Waals surface area (Å²) in [7, 11) is -4.20. The molecule has 30 heavy (non-hydrogen) atoms. The zero-order chi connectivity index (χ0) is 21.9. The number of amides is 1. The summed E-state index contributed by atoms with van der Waals surface area (Å²) in [5, 5.41) is 2.76. The van der Waals surface area contributed by atoms with Gasteiger partial charge in [-0.3, -0.25) is 14.5 Å². The Bertz CT molecular complexity index is 1220. The summed E-state index contributed by atoms with van der Waals surface area (Å²) in [6.45, 7) is 3.35. The predicted molar refractivity (Wildman–Crippen MR) is 113 cm³/mol. The zero-order valence-electron chi connectivity index (χ0n) is 16.1. The third-order valence-electron chi connectivity index (χ3n) is 4.20. The van der Waals surface area contributed by atoms with E-state index in [4.69, 9.17) is 11.6 Å². The van der Waals surface area contributed by atoms with Gasteiger partial charge in [0.15, 0.2) is 0 Å². The largest absolute Gasteiger partial charge is 0.311 e. The number of carbonyl (C=O) groups excluding carboxylic acids is 1. The highest BCUT2D eigenvalue weighted by atomic mass is 35.5. The minimum Gasteiger partial charge on any atom is -0.311 e. The lowest BCUT2D eigenvalue weighted by Crippen LogP contribution is -2.15. The van der Waals surface area contributed by atoms with Crippen LogP contribution in [0.1, 0.15) is 19.0 Å². The molecular weight excluding hydrogens is 431 g/mol. The van der Waals surface area contributed by atoms with E-state index in [1.807, 2.05) is 0 Å². The van der Waals surface area contributed by atoms with E-state index >= 15 is 0 Å². The predicted octanol–water partition coefficient (Wildman–Crippen LogP) is 4.39. The van der Waals surface area contributed by atoms with Crippen molar-refractivity contribution in [2.45, 2.75) is 25.2 Å². The minimum absolute atomic E-state index is 0.0925. The number of nitrogens with zero attached hydrogens (tertiary/aromatic N) is 2.